The fourth-order valence-electron chi connectivity index (χ4n) is 4.77. The molecular weight excluding hydrogens is 503 g/mol. The van der Waals surface area contributed by atoms with E-state index in [9.17, 15) is 9.59 Å². The van der Waals surface area contributed by atoms with Gasteiger partial charge >= 0.3 is 5.97 Å². The van der Waals surface area contributed by atoms with Crippen LogP contribution < -0.4 is 0 Å². The van der Waals surface area contributed by atoms with Gasteiger partial charge in [-0.05, 0) is 35.7 Å². The summed E-state index contributed by atoms with van der Waals surface area (Å²) in [5.41, 5.74) is 5.27. The molecule has 0 aromatic heterocycles. The highest BCUT2D eigenvalue weighted by atomic mass is 35.5. The minimum Gasteiger partial charge on any atom is -0.453 e. The highest BCUT2D eigenvalue weighted by Crippen LogP contribution is 2.45. The third-order valence-corrected chi connectivity index (χ3v) is 7.40. The molecule has 0 fully saturated rings. The van der Waals surface area contributed by atoms with E-state index < -0.39 is 18.0 Å². The van der Waals surface area contributed by atoms with Crippen LogP contribution >= 0.6 is 23.2 Å². The summed E-state index contributed by atoms with van der Waals surface area (Å²) in [7, 11) is 0. The lowest BCUT2D eigenvalue weighted by Crippen LogP contribution is -2.24. The van der Waals surface area contributed by atoms with E-state index in [0.717, 1.165) is 22.3 Å². The molecule has 5 heteroatoms. The van der Waals surface area contributed by atoms with Gasteiger partial charge in [-0.25, -0.2) is 4.79 Å². The zero-order valence-electron chi connectivity index (χ0n) is 20.2. The molecule has 0 saturated heterocycles. The first-order valence-electron chi connectivity index (χ1n) is 12.0. The predicted octanol–water partition coefficient (Wildman–Crippen LogP) is 8.19. The average Bonchev–Trinajstić information content (AvgIpc) is 3.27. The quantitative estimate of drug-likeness (QED) is 0.180. The minimum atomic E-state index is -0.699. The zero-order chi connectivity index (χ0) is 25.9. The maximum Gasteiger partial charge on any atom is 0.339 e. The molecular formula is C32H24Cl2O3. The Bertz CT molecular complexity index is 1480. The molecule has 3 nitrogen and oxygen atoms in total. The van der Waals surface area contributed by atoms with E-state index in [-0.39, 0.29) is 12.2 Å². The average molecular weight is 527 g/mol. The molecule has 4 aromatic rings. The molecule has 0 amide bonds. The number of benzene rings is 4. The molecule has 5 rings (SSSR count). The first-order chi connectivity index (χ1) is 17.9. The Labute approximate surface area is 226 Å². The summed E-state index contributed by atoms with van der Waals surface area (Å²) in [4.78, 5) is 26.9. The van der Waals surface area contributed by atoms with Gasteiger partial charge in [0, 0.05) is 23.5 Å². The van der Waals surface area contributed by atoms with Gasteiger partial charge in [-0.2, -0.15) is 0 Å². The minimum absolute atomic E-state index is 0.0242. The number of Topliss-reactive ketones (excluding diaryl/α,β-unsaturated/α-hetero) is 1. The summed E-state index contributed by atoms with van der Waals surface area (Å²) in [6.45, 7) is 2.01. The van der Waals surface area contributed by atoms with Crippen LogP contribution in [0.5, 0.6) is 0 Å². The number of ether oxygens (including phenoxy) is 1. The first kappa shape index (κ1) is 25.0. The summed E-state index contributed by atoms with van der Waals surface area (Å²) in [5, 5.41) is 0.799. The third kappa shape index (κ3) is 5.24. The van der Waals surface area contributed by atoms with E-state index >= 15 is 0 Å². The third-order valence-electron chi connectivity index (χ3n) is 6.66. The van der Waals surface area contributed by atoms with Gasteiger partial charge in [-0.1, -0.05) is 120 Å². The molecule has 37 heavy (non-hydrogen) atoms. The molecule has 1 aliphatic rings. The van der Waals surface area contributed by atoms with Crippen LogP contribution in [0, 0.1) is 6.92 Å². The lowest BCUT2D eigenvalue weighted by molar-refractivity contribution is -0.138. The number of rotatable bonds is 7. The number of halogens is 2. The van der Waals surface area contributed by atoms with Gasteiger partial charge in [0.1, 0.15) is 6.10 Å². The Balaban J connectivity index is 1.68. The molecule has 1 aliphatic heterocycles. The van der Waals surface area contributed by atoms with Gasteiger partial charge in [-0.15, -0.1) is 0 Å². The van der Waals surface area contributed by atoms with Crippen molar-refractivity contribution < 1.29 is 14.3 Å². The number of esters is 1. The second-order valence-corrected chi connectivity index (χ2v) is 9.93. The van der Waals surface area contributed by atoms with E-state index in [1.807, 2.05) is 85.8 Å². The van der Waals surface area contributed by atoms with E-state index in [1.54, 1.807) is 24.3 Å². The summed E-state index contributed by atoms with van der Waals surface area (Å²) in [5.74, 6) is -0.867. The molecule has 0 saturated carbocycles. The monoisotopic (exact) mass is 526 g/mol. The van der Waals surface area contributed by atoms with Crippen molar-refractivity contribution in [2.45, 2.75) is 25.4 Å². The predicted molar refractivity (Wildman–Crippen MR) is 149 cm³/mol. The molecule has 0 radical (unpaired) electrons. The van der Waals surface area contributed by atoms with E-state index in [2.05, 4.69) is 0 Å². The number of carbonyl (C=O) groups excluding carboxylic acids is 2. The number of cyclic esters (lactones) is 1. The van der Waals surface area contributed by atoms with Gasteiger partial charge in [0.25, 0.3) is 0 Å². The number of carbonyl (C=O) groups is 2. The lowest BCUT2D eigenvalue weighted by Gasteiger charge is -2.26. The van der Waals surface area contributed by atoms with Gasteiger partial charge < -0.3 is 4.74 Å². The molecule has 0 bridgehead atoms. The van der Waals surface area contributed by atoms with Crippen molar-refractivity contribution in [1.82, 2.24) is 0 Å². The van der Waals surface area contributed by atoms with Crippen LogP contribution in [0.25, 0.3) is 11.1 Å². The van der Waals surface area contributed by atoms with Crippen LogP contribution in [0.2, 0.25) is 10.0 Å². The molecule has 0 spiro atoms. The van der Waals surface area contributed by atoms with E-state index in [0.29, 0.717) is 26.8 Å². The molecule has 0 aliphatic carbocycles. The lowest BCUT2D eigenvalue weighted by atomic mass is 9.80. The summed E-state index contributed by atoms with van der Waals surface area (Å²) < 4.78 is 6.11. The Kier molecular flexibility index (Phi) is 7.27. The Morgan fingerprint density at radius 1 is 0.811 bits per heavy atom. The number of hydrogen-bond acceptors (Lipinski definition) is 3. The maximum atomic E-state index is 13.4. The van der Waals surface area contributed by atoms with E-state index in [4.69, 9.17) is 27.9 Å². The largest absolute Gasteiger partial charge is 0.453 e. The van der Waals surface area contributed by atoms with Gasteiger partial charge in [0.2, 0.25) is 0 Å². The van der Waals surface area contributed by atoms with Gasteiger partial charge in [0.15, 0.2) is 5.78 Å². The zero-order valence-corrected chi connectivity index (χ0v) is 21.7. The molecule has 0 unspecified atom stereocenters. The van der Waals surface area contributed by atoms with Crippen molar-refractivity contribution in [3.63, 3.8) is 0 Å². The molecule has 1 heterocycles. The second kappa shape index (κ2) is 10.8. The molecule has 0 N–H and O–H groups in total. The second-order valence-electron chi connectivity index (χ2n) is 9.12. The normalized spacial score (nSPS) is 16.0. The van der Waals surface area contributed by atoms with Crippen molar-refractivity contribution >= 4 is 46.1 Å². The van der Waals surface area contributed by atoms with Crippen LogP contribution in [0.3, 0.4) is 0 Å². The standard InChI is InChI=1S/C32H24Cl2O3/c1-20-12-14-21(15-13-20)25(19-28(35)22-8-4-2-5-9-22)31-29(24-16-17-26(33)27(34)18-24)30(32(36)37-31)23-10-6-3-7-11-23/h2-18,25,31H,19H2,1H3/t25-,31-/m0/s1. The summed E-state index contributed by atoms with van der Waals surface area (Å²) in [6.07, 6.45) is -0.534. The smallest absolute Gasteiger partial charge is 0.339 e. The van der Waals surface area contributed by atoms with Crippen molar-refractivity contribution in [3.05, 3.63) is 141 Å². The Morgan fingerprint density at radius 2 is 1.46 bits per heavy atom. The fraction of sp³-hybridized carbons (Fsp3) is 0.125. The maximum absolute atomic E-state index is 13.4. The Hall–Kier alpha value is -3.66. The SMILES string of the molecule is Cc1ccc([C@H](CC(=O)c2ccccc2)[C@@H]2OC(=O)C(c3ccccc3)=C2c2ccc(Cl)c(Cl)c2)cc1. The summed E-state index contributed by atoms with van der Waals surface area (Å²) in [6, 6.07) is 31.9. The topological polar surface area (TPSA) is 43.4 Å². The van der Waals surface area contributed by atoms with Crippen LogP contribution in [0.1, 0.15) is 45.0 Å². The van der Waals surface area contributed by atoms with Crippen LogP contribution in [0.15, 0.2) is 103 Å². The van der Waals surface area contributed by atoms with E-state index in [1.165, 1.54) is 0 Å². The van der Waals surface area contributed by atoms with Crippen LogP contribution in [0.4, 0.5) is 0 Å². The first-order valence-corrected chi connectivity index (χ1v) is 12.8. The van der Waals surface area contributed by atoms with Crippen molar-refractivity contribution in [2.24, 2.45) is 0 Å². The van der Waals surface area contributed by atoms with Crippen molar-refractivity contribution in [1.29, 1.82) is 0 Å². The number of ketones is 1. The Morgan fingerprint density at radius 3 is 2.11 bits per heavy atom. The van der Waals surface area contributed by atoms with Crippen LogP contribution in [-0.2, 0) is 9.53 Å². The molecule has 2 atom stereocenters. The van der Waals surface area contributed by atoms with Crippen LogP contribution in [-0.4, -0.2) is 17.9 Å². The van der Waals surface area contributed by atoms with Gasteiger partial charge in [-0.3, -0.25) is 4.79 Å². The van der Waals surface area contributed by atoms with Gasteiger partial charge in [0.05, 0.1) is 15.6 Å². The molecule has 4 aromatic carbocycles. The number of hydrogen-bond donors (Lipinski definition) is 0. The highest BCUT2D eigenvalue weighted by molar-refractivity contribution is 6.42. The highest BCUT2D eigenvalue weighted by Gasteiger charge is 2.41. The number of aryl methyl sites for hydroxylation is 1. The fourth-order valence-corrected chi connectivity index (χ4v) is 5.07. The molecule has 184 valence electrons. The van der Waals surface area contributed by atoms with Crippen molar-refractivity contribution in [2.75, 3.05) is 0 Å². The summed E-state index contributed by atoms with van der Waals surface area (Å²) >= 11 is 12.6. The van der Waals surface area contributed by atoms with Crippen molar-refractivity contribution in [3.8, 4) is 0 Å².